The molecule has 1 N–H and O–H groups in total. The molecule has 0 saturated carbocycles. The summed E-state index contributed by atoms with van der Waals surface area (Å²) in [5.41, 5.74) is 5.50. The zero-order valence-corrected chi connectivity index (χ0v) is 14.5. The largest absolute Gasteiger partial charge is 0.277 e. The van der Waals surface area contributed by atoms with Gasteiger partial charge in [0.2, 0.25) is 0 Å². The Morgan fingerprint density at radius 2 is 1.67 bits per heavy atom. The van der Waals surface area contributed by atoms with Gasteiger partial charge in [0.1, 0.15) is 6.07 Å². The van der Waals surface area contributed by atoms with Gasteiger partial charge in [-0.2, -0.15) is 10.4 Å². The Bertz CT molecular complexity index is 909. The van der Waals surface area contributed by atoms with Crippen LogP contribution in [0.3, 0.4) is 0 Å². The number of hydrogen-bond donors (Lipinski definition) is 1. The molecule has 0 saturated heterocycles. The highest BCUT2D eigenvalue weighted by atomic mass is 35.5. The number of nitriles is 1. The molecule has 118 valence electrons. The SMILES string of the molecule is N#C/C(=N/Nc1ccc(Cl)cc1)c1nc(-c2ccc(Cl)cc2)cs1. The number of nitrogens with zero attached hydrogens (tertiary/aromatic N) is 3. The fraction of sp³-hybridized carbons (Fsp3) is 0. The van der Waals surface area contributed by atoms with Crippen molar-refractivity contribution in [1.29, 1.82) is 5.26 Å². The van der Waals surface area contributed by atoms with Crippen LogP contribution in [0, 0.1) is 11.3 Å². The summed E-state index contributed by atoms with van der Waals surface area (Å²) in [5, 5.41) is 17.2. The van der Waals surface area contributed by atoms with Crippen LogP contribution in [0.25, 0.3) is 11.3 Å². The van der Waals surface area contributed by atoms with E-state index in [1.54, 1.807) is 36.4 Å². The maximum Gasteiger partial charge on any atom is 0.196 e. The van der Waals surface area contributed by atoms with Gasteiger partial charge in [-0.15, -0.1) is 11.3 Å². The molecule has 1 heterocycles. The lowest BCUT2D eigenvalue weighted by Crippen LogP contribution is -2.01. The van der Waals surface area contributed by atoms with Gasteiger partial charge in [-0.1, -0.05) is 35.3 Å². The van der Waals surface area contributed by atoms with Crippen molar-refractivity contribution in [1.82, 2.24) is 4.98 Å². The lowest BCUT2D eigenvalue weighted by atomic mass is 10.2. The molecule has 3 aromatic rings. The minimum Gasteiger partial charge on any atom is -0.277 e. The first-order valence-electron chi connectivity index (χ1n) is 6.87. The van der Waals surface area contributed by atoms with Crippen LogP contribution in [0.2, 0.25) is 10.0 Å². The van der Waals surface area contributed by atoms with E-state index in [0.29, 0.717) is 15.1 Å². The standard InChI is InChI=1S/C17H10Cl2N4S/c18-12-3-1-11(2-4-12)16-10-24-17(21-16)15(9-20)23-22-14-7-5-13(19)6-8-14/h1-8,10,22H/b23-15-. The molecular weight excluding hydrogens is 363 g/mol. The van der Waals surface area contributed by atoms with Gasteiger partial charge in [-0.05, 0) is 36.4 Å². The van der Waals surface area contributed by atoms with Crippen LogP contribution in [-0.2, 0) is 0 Å². The van der Waals surface area contributed by atoms with Crippen molar-refractivity contribution in [2.45, 2.75) is 0 Å². The van der Waals surface area contributed by atoms with Gasteiger partial charge in [-0.3, -0.25) is 5.43 Å². The smallest absolute Gasteiger partial charge is 0.196 e. The Kier molecular flexibility index (Phi) is 5.11. The summed E-state index contributed by atoms with van der Waals surface area (Å²) < 4.78 is 0. The number of hydrogen-bond acceptors (Lipinski definition) is 5. The van der Waals surface area contributed by atoms with Crippen LogP contribution in [0.1, 0.15) is 5.01 Å². The van der Waals surface area contributed by atoms with Crippen LogP contribution < -0.4 is 5.43 Å². The summed E-state index contributed by atoms with van der Waals surface area (Å²) in [5.74, 6) is 0. The van der Waals surface area contributed by atoms with Crippen molar-refractivity contribution < 1.29 is 0 Å². The number of thiazole rings is 1. The Morgan fingerprint density at radius 3 is 2.29 bits per heavy atom. The van der Waals surface area contributed by atoms with E-state index in [1.807, 2.05) is 17.5 Å². The third-order valence-corrected chi connectivity index (χ3v) is 4.45. The molecule has 0 unspecified atom stereocenters. The molecule has 0 bridgehead atoms. The topological polar surface area (TPSA) is 61.1 Å². The van der Waals surface area contributed by atoms with Gasteiger partial charge in [0.25, 0.3) is 0 Å². The van der Waals surface area contributed by atoms with Crippen molar-refractivity contribution in [3.8, 4) is 17.3 Å². The van der Waals surface area contributed by atoms with Gasteiger partial charge in [0.15, 0.2) is 10.7 Å². The minimum absolute atomic E-state index is 0.218. The molecule has 7 heteroatoms. The Hall–Kier alpha value is -2.39. The molecule has 0 fully saturated rings. The predicted octanol–water partition coefficient (Wildman–Crippen LogP) is 5.46. The summed E-state index contributed by atoms with van der Waals surface area (Å²) in [6.07, 6.45) is 0. The second-order valence-corrected chi connectivity index (χ2v) is 6.47. The zero-order chi connectivity index (χ0) is 16.9. The first kappa shape index (κ1) is 16.5. The molecule has 0 amide bonds. The van der Waals surface area contributed by atoms with Crippen molar-refractivity contribution in [2.75, 3.05) is 5.43 Å². The third kappa shape index (κ3) is 3.92. The number of benzene rings is 2. The third-order valence-electron chi connectivity index (χ3n) is 3.09. The first-order chi connectivity index (χ1) is 11.7. The second-order valence-electron chi connectivity index (χ2n) is 4.74. The van der Waals surface area contributed by atoms with E-state index < -0.39 is 0 Å². The quantitative estimate of drug-likeness (QED) is 0.488. The van der Waals surface area contributed by atoms with Crippen molar-refractivity contribution >= 4 is 45.9 Å². The molecule has 24 heavy (non-hydrogen) atoms. The summed E-state index contributed by atoms with van der Waals surface area (Å²) >= 11 is 13.1. The molecule has 0 spiro atoms. The Balaban J connectivity index is 1.81. The monoisotopic (exact) mass is 372 g/mol. The Labute approximate surface area is 153 Å². The number of rotatable bonds is 4. The minimum atomic E-state index is 0.218. The van der Waals surface area contributed by atoms with E-state index in [-0.39, 0.29) is 5.71 Å². The molecule has 0 aliphatic heterocycles. The van der Waals surface area contributed by atoms with E-state index in [0.717, 1.165) is 16.9 Å². The fourth-order valence-corrected chi connectivity index (χ4v) is 2.92. The molecule has 0 aliphatic carbocycles. The number of hydrazone groups is 1. The Morgan fingerprint density at radius 1 is 1.04 bits per heavy atom. The highest BCUT2D eigenvalue weighted by Crippen LogP contribution is 2.24. The summed E-state index contributed by atoms with van der Waals surface area (Å²) in [6.45, 7) is 0. The van der Waals surface area contributed by atoms with E-state index in [2.05, 4.69) is 21.6 Å². The maximum absolute atomic E-state index is 9.33. The van der Waals surface area contributed by atoms with Gasteiger partial charge >= 0.3 is 0 Å². The van der Waals surface area contributed by atoms with Crippen LogP contribution in [0.4, 0.5) is 5.69 Å². The molecule has 4 nitrogen and oxygen atoms in total. The fourth-order valence-electron chi connectivity index (χ4n) is 1.90. The average Bonchev–Trinajstić information content (AvgIpc) is 3.08. The summed E-state index contributed by atoms with van der Waals surface area (Å²) in [6, 6.07) is 16.5. The maximum atomic E-state index is 9.33. The highest BCUT2D eigenvalue weighted by Gasteiger charge is 2.10. The summed E-state index contributed by atoms with van der Waals surface area (Å²) in [7, 11) is 0. The van der Waals surface area contributed by atoms with E-state index in [1.165, 1.54) is 11.3 Å². The van der Waals surface area contributed by atoms with E-state index in [9.17, 15) is 5.26 Å². The lowest BCUT2D eigenvalue weighted by Gasteiger charge is -2.00. The molecule has 2 aromatic carbocycles. The van der Waals surface area contributed by atoms with Gasteiger partial charge < -0.3 is 0 Å². The number of aromatic nitrogens is 1. The van der Waals surface area contributed by atoms with Gasteiger partial charge in [0, 0.05) is 21.0 Å². The van der Waals surface area contributed by atoms with Gasteiger partial charge in [0.05, 0.1) is 11.4 Å². The summed E-state index contributed by atoms with van der Waals surface area (Å²) in [4.78, 5) is 4.47. The van der Waals surface area contributed by atoms with Crippen molar-refractivity contribution in [3.63, 3.8) is 0 Å². The van der Waals surface area contributed by atoms with Gasteiger partial charge in [-0.25, -0.2) is 4.98 Å². The van der Waals surface area contributed by atoms with Crippen LogP contribution in [-0.4, -0.2) is 10.7 Å². The van der Waals surface area contributed by atoms with Crippen LogP contribution in [0.5, 0.6) is 0 Å². The second kappa shape index (κ2) is 7.45. The lowest BCUT2D eigenvalue weighted by molar-refractivity contribution is 1.31. The molecule has 3 rings (SSSR count). The first-order valence-corrected chi connectivity index (χ1v) is 8.50. The normalized spacial score (nSPS) is 11.1. The van der Waals surface area contributed by atoms with E-state index >= 15 is 0 Å². The predicted molar refractivity (Wildman–Crippen MR) is 99.8 cm³/mol. The zero-order valence-electron chi connectivity index (χ0n) is 12.2. The van der Waals surface area contributed by atoms with Crippen LogP contribution in [0.15, 0.2) is 59.0 Å². The van der Waals surface area contributed by atoms with E-state index in [4.69, 9.17) is 23.2 Å². The number of halogens is 2. The molecule has 0 atom stereocenters. The molecule has 1 aromatic heterocycles. The number of anilines is 1. The van der Waals surface area contributed by atoms with Crippen LogP contribution >= 0.6 is 34.5 Å². The molecular formula is C17H10Cl2N4S. The molecule has 0 aliphatic rings. The highest BCUT2D eigenvalue weighted by molar-refractivity contribution is 7.12. The van der Waals surface area contributed by atoms with Crippen molar-refractivity contribution in [3.05, 3.63) is 69.0 Å². The van der Waals surface area contributed by atoms with Crippen molar-refractivity contribution in [2.24, 2.45) is 5.10 Å². The average molecular weight is 373 g/mol. The number of nitrogens with one attached hydrogen (secondary N) is 1. The molecule has 0 radical (unpaired) electrons.